The molecule has 3 N–H and O–H groups in total. The van der Waals surface area contributed by atoms with Gasteiger partial charge in [0, 0.05) is 23.3 Å². The van der Waals surface area contributed by atoms with E-state index in [0.717, 1.165) is 23.3 Å². The third-order valence-corrected chi connectivity index (χ3v) is 9.28. The van der Waals surface area contributed by atoms with E-state index >= 15 is 0 Å². The first kappa shape index (κ1) is 28.6. The summed E-state index contributed by atoms with van der Waals surface area (Å²) in [7, 11) is 0. The molecule has 1 saturated carbocycles. The van der Waals surface area contributed by atoms with Gasteiger partial charge in [-0.25, -0.2) is 0 Å². The van der Waals surface area contributed by atoms with Gasteiger partial charge in [-0.3, -0.25) is 0 Å². The lowest BCUT2D eigenvalue weighted by Gasteiger charge is -2.37. The quantitative estimate of drug-likeness (QED) is 0.201. The molecule has 1 aliphatic rings. The fourth-order valence-electron chi connectivity index (χ4n) is 5.01. The Morgan fingerprint density at radius 1 is 0.733 bits per heavy atom. The van der Waals surface area contributed by atoms with E-state index in [1.54, 1.807) is 0 Å². The third kappa shape index (κ3) is 12.6. The van der Waals surface area contributed by atoms with Gasteiger partial charge in [-0.15, -0.1) is 0 Å². The summed E-state index contributed by atoms with van der Waals surface area (Å²) < 4.78 is 0. The highest BCUT2D eigenvalue weighted by molar-refractivity contribution is 8.03. The van der Waals surface area contributed by atoms with E-state index in [2.05, 4.69) is 43.0 Å². The summed E-state index contributed by atoms with van der Waals surface area (Å²) >= 11 is 4.13. The predicted octanol–water partition coefficient (Wildman–Crippen LogP) is 6.57. The molecule has 0 bridgehead atoms. The highest BCUT2D eigenvalue weighted by Gasteiger charge is 2.37. The topological polar surface area (TPSA) is 60.7 Å². The zero-order chi connectivity index (χ0) is 22.2. The summed E-state index contributed by atoms with van der Waals surface area (Å²) in [6.07, 6.45) is 22.4. The monoisotopic (exact) mass is 462 g/mol. The van der Waals surface area contributed by atoms with Crippen molar-refractivity contribution in [3.05, 3.63) is 0 Å². The maximum absolute atomic E-state index is 10.6. The van der Waals surface area contributed by atoms with Crippen molar-refractivity contribution in [3.8, 4) is 0 Å². The van der Waals surface area contributed by atoms with Crippen molar-refractivity contribution in [3.63, 3.8) is 0 Å². The van der Waals surface area contributed by atoms with Gasteiger partial charge in [0.05, 0.1) is 17.8 Å². The van der Waals surface area contributed by atoms with Crippen molar-refractivity contribution in [2.24, 2.45) is 0 Å². The van der Waals surface area contributed by atoms with Crippen LogP contribution in [0.5, 0.6) is 0 Å². The average Bonchev–Trinajstić information content (AvgIpc) is 2.69. The summed E-state index contributed by atoms with van der Waals surface area (Å²) in [5.74, 6) is 0. The van der Waals surface area contributed by atoms with Crippen molar-refractivity contribution in [1.29, 1.82) is 0 Å². The molecule has 0 amide bonds. The largest absolute Gasteiger partial charge is 0.393 e. The normalized spacial score (nSPS) is 26.6. The van der Waals surface area contributed by atoms with Gasteiger partial charge in [0.15, 0.2) is 0 Å². The van der Waals surface area contributed by atoms with E-state index in [0.29, 0.717) is 25.7 Å². The van der Waals surface area contributed by atoms with Crippen LogP contribution in [-0.4, -0.2) is 56.1 Å². The Balaban J connectivity index is 2.12. The fraction of sp³-hybridized carbons (Fsp3) is 1.00. The van der Waals surface area contributed by atoms with Crippen LogP contribution in [0.25, 0.3) is 0 Å². The van der Waals surface area contributed by atoms with Crippen molar-refractivity contribution < 1.29 is 15.3 Å². The number of unbranched alkanes of at least 4 members (excludes halogenated alkanes) is 9. The molecule has 0 saturated heterocycles. The standard InChI is InChI=1S/C25H50O3S2/c1-4-5-6-7-9-12-15-23(29-2)24(30-3)16-13-10-8-11-14-17-25(28)19-21(26)18-22(27)20-25/h21-24,26-28H,4-20H2,1-3H3/t21-,22-,23?,24?/m0/s1. The second kappa shape index (κ2) is 17.1. The third-order valence-electron chi connectivity index (χ3n) is 6.77. The van der Waals surface area contributed by atoms with Crippen LogP contribution in [0.1, 0.15) is 116 Å². The van der Waals surface area contributed by atoms with Crippen molar-refractivity contribution in [2.75, 3.05) is 12.5 Å². The van der Waals surface area contributed by atoms with Gasteiger partial charge in [-0.2, -0.15) is 23.5 Å². The van der Waals surface area contributed by atoms with Crippen molar-refractivity contribution >= 4 is 23.5 Å². The van der Waals surface area contributed by atoms with Crippen molar-refractivity contribution in [1.82, 2.24) is 0 Å². The van der Waals surface area contributed by atoms with E-state index in [9.17, 15) is 15.3 Å². The van der Waals surface area contributed by atoms with Gasteiger partial charge in [-0.05, 0) is 38.2 Å². The molecular formula is C25H50O3S2. The minimum atomic E-state index is -0.858. The molecule has 180 valence electrons. The average molecular weight is 463 g/mol. The van der Waals surface area contributed by atoms with Gasteiger partial charge >= 0.3 is 0 Å². The first-order chi connectivity index (χ1) is 14.4. The zero-order valence-electron chi connectivity index (χ0n) is 20.0. The highest BCUT2D eigenvalue weighted by atomic mass is 32.2. The van der Waals surface area contributed by atoms with Crippen LogP contribution in [0.4, 0.5) is 0 Å². The van der Waals surface area contributed by atoms with Gasteiger partial charge in [0.25, 0.3) is 0 Å². The molecule has 30 heavy (non-hydrogen) atoms. The number of aliphatic hydroxyl groups excluding tert-OH is 2. The SMILES string of the molecule is CCCCCCCCC(SC)C(CCCCCCCC1(O)C[C@@H](O)C[C@H](O)C1)SC. The summed E-state index contributed by atoms with van der Waals surface area (Å²) in [5, 5.41) is 31.8. The Kier molecular flexibility index (Phi) is 16.3. The predicted molar refractivity (Wildman–Crippen MR) is 136 cm³/mol. The van der Waals surface area contributed by atoms with E-state index in [1.807, 2.05) is 0 Å². The molecule has 4 atom stereocenters. The Labute approximate surface area is 195 Å². The summed E-state index contributed by atoms with van der Waals surface area (Å²) in [4.78, 5) is 0. The second-order valence-corrected chi connectivity index (χ2v) is 11.7. The molecule has 0 aromatic rings. The van der Waals surface area contributed by atoms with Gasteiger partial charge in [-0.1, -0.05) is 77.6 Å². The molecule has 2 unspecified atom stereocenters. The van der Waals surface area contributed by atoms with E-state index in [-0.39, 0.29) is 0 Å². The van der Waals surface area contributed by atoms with Crippen LogP contribution < -0.4 is 0 Å². The zero-order valence-corrected chi connectivity index (χ0v) is 21.6. The number of thioether (sulfide) groups is 2. The van der Waals surface area contributed by atoms with E-state index in [4.69, 9.17) is 0 Å². The number of hydrogen-bond donors (Lipinski definition) is 3. The smallest absolute Gasteiger partial charge is 0.0697 e. The van der Waals surface area contributed by atoms with Gasteiger partial charge < -0.3 is 15.3 Å². The molecular weight excluding hydrogens is 412 g/mol. The minimum Gasteiger partial charge on any atom is -0.393 e. The van der Waals surface area contributed by atoms with Crippen LogP contribution in [-0.2, 0) is 0 Å². The Bertz CT molecular complexity index is 398. The van der Waals surface area contributed by atoms with Crippen LogP contribution in [0, 0.1) is 0 Å². The lowest BCUT2D eigenvalue weighted by atomic mass is 9.78. The van der Waals surface area contributed by atoms with Gasteiger partial charge in [0.2, 0.25) is 0 Å². The number of hydrogen-bond acceptors (Lipinski definition) is 5. The van der Waals surface area contributed by atoms with E-state index in [1.165, 1.54) is 70.6 Å². The van der Waals surface area contributed by atoms with Crippen LogP contribution in [0.3, 0.4) is 0 Å². The molecule has 5 heteroatoms. The molecule has 0 aliphatic heterocycles. The van der Waals surface area contributed by atoms with Gasteiger partial charge in [0.1, 0.15) is 0 Å². The summed E-state index contributed by atoms with van der Waals surface area (Å²) in [6, 6.07) is 0. The fourth-order valence-corrected chi connectivity index (χ4v) is 7.36. The molecule has 1 fully saturated rings. The van der Waals surface area contributed by atoms with Crippen LogP contribution >= 0.6 is 23.5 Å². The van der Waals surface area contributed by atoms with Crippen LogP contribution in [0.15, 0.2) is 0 Å². The molecule has 3 nitrogen and oxygen atoms in total. The molecule has 1 aliphatic carbocycles. The highest BCUT2D eigenvalue weighted by Crippen LogP contribution is 2.33. The number of aliphatic hydroxyl groups is 3. The lowest BCUT2D eigenvalue weighted by molar-refractivity contribution is -0.0950. The lowest BCUT2D eigenvalue weighted by Crippen LogP contribution is -2.43. The molecule has 0 radical (unpaired) electrons. The van der Waals surface area contributed by atoms with Crippen molar-refractivity contribution in [2.45, 2.75) is 144 Å². The maximum Gasteiger partial charge on any atom is 0.0697 e. The molecule has 0 aromatic carbocycles. The molecule has 1 rings (SSSR count). The summed E-state index contributed by atoms with van der Waals surface area (Å²) in [6.45, 7) is 2.28. The Hall–Kier alpha value is 0.580. The Morgan fingerprint density at radius 2 is 1.17 bits per heavy atom. The second-order valence-electron chi connectivity index (χ2n) is 9.59. The molecule has 0 aromatic heterocycles. The minimum absolute atomic E-state index is 0.412. The molecule has 0 spiro atoms. The number of rotatable bonds is 18. The first-order valence-corrected chi connectivity index (χ1v) is 15.2. The van der Waals surface area contributed by atoms with Crippen LogP contribution in [0.2, 0.25) is 0 Å². The van der Waals surface area contributed by atoms with E-state index < -0.39 is 17.8 Å². The summed E-state index contributed by atoms with van der Waals surface area (Å²) in [5.41, 5.74) is -0.858. The maximum atomic E-state index is 10.6. The first-order valence-electron chi connectivity index (χ1n) is 12.6. The molecule has 0 heterocycles. The Morgan fingerprint density at radius 3 is 1.63 bits per heavy atom.